The van der Waals surface area contributed by atoms with E-state index in [0.717, 1.165) is 30.1 Å². The van der Waals surface area contributed by atoms with Crippen LogP contribution in [-0.2, 0) is 15.9 Å². The van der Waals surface area contributed by atoms with Gasteiger partial charge < -0.3 is 24.4 Å². The highest BCUT2D eigenvalue weighted by Crippen LogP contribution is 2.40. The number of carbonyl (C=O) groups excluding carboxylic acids is 2. The summed E-state index contributed by atoms with van der Waals surface area (Å²) in [6.45, 7) is 3.98. The second-order valence-corrected chi connectivity index (χ2v) is 15.7. The quantitative estimate of drug-likeness (QED) is 0.331. The van der Waals surface area contributed by atoms with Gasteiger partial charge in [0.1, 0.15) is 7.14 Å². The van der Waals surface area contributed by atoms with E-state index in [-0.39, 0.29) is 24.7 Å². The van der Waals surface area contributed by atoms with E-state index in [1.807, 2.05) is 89.8 Å². The number of anilines is 2. The molecule has 0 unspecified atom stereocenters. The molecule has 2 aliphatic heterocycles. The summed E-state index contributed by atoms with van der Waals surface area (Å²) in [6.07, 6.45) is 3.96. The van der Waals surface area contributed by atoms with Gasteiger partial charge in [-0.3, -0.25) is 4.90 Å². The second kappa shape index (κ2) is 12.1. The van der Waals surface area contributed by atoms with Gasteiger partial charge in [-0.15, -0.1) is 0 Å². The summed E-state index contributed by atoms with van der Waals surface area (Å²) in [5, 5.41) is 11.3. The van der Waals surface area contributed by atoms with Crippen LogP contribution in [0, 0.1) is 0 Å². The predicted molar refractivity (Wildman–Crippen MR) is 171 cm³/mol. The van der Waals surface area contributed by atoms with Crippen LogP contribution in [0.1, 0.15) is 37.7 Å². The van der Waals surface area contributed by atoms with Crippen LogP contribution in [-0.4, -0.2) is 81.9 Å². The molecule has 2 heterocycles. The van der Waals surface area contributed by atoms with Crippen LogP contribution >= 0.6 is 7.14 Å². The number of aliphatic carboxylic acids is 1. The van der Waals surface area contributed by atoms with E-state index >= 15 is 0 Å². The number of fused-ring (bicyclic) bond motifs is 2. The van der Waals surface area contributed by atoms with E-state index in [4.69, 9.17) is 0 Å². The summed E-state index contributed by atoms with van der Waals surface area (Å²) in [5.41, 5.74) is 2.19. The average molecular weight is 615 g/mol. The number of piperazine rings is 1. The minimum Gasteiger partial charge on any atom is -0.480 e. The number of nitrogens with zero attached hydrogens (tertiary/aromatic N) is 4. The van der Waals surface area contributed by atoms with Crippen molar-refractivity contribution in [3.63, 3.8) is 0 Å². The third-order valence-corrected chi connectivity index (χ3v) is 10.8. The lowest BCUT2D eigenvalue weighted by atomic mass is 9.91. The molecular formula is C34H39N4O5P. The highest BCUT2D eigenvalue weighted by atomic mass is 31.2. The first-order valence-corrected chi connectivity index (χ1v) is 17.9. The summed E-state index contributed by atoms with van der Waals surface area (Å²) >= 11 is 0. The molecule has 2 bridgehead atoms. The van der Waals surface area contributed by atoms with Crippen molar-refractivity contribution in [2.45, 2.75) is 62.8 Å². The molecule has 1 aliphatic carbocycles. The van der Waals surface area contributed by atoms with Gasteiger partial charge in [0.25, 0.3) is 0 Å². The van der Waals surface area contributed by atoms with Crippen LogP contribution in [0.5, 0.6) is 0 Å². The molecule has 3 aromatic carbocycles. The molecular weight excluding hydrogens is 575 g/mol. The molecule has 3 atom stereocenters. The minimum absolute atomic E-state index is 0.0650. The number of carbonyl (C=O) groups is 3. The normalized spacial score (nSPS) is 21.5. The zero-order chi connectivity index (χ0) is 31.0. The Morgan fingerprint density at radius 2 is 1.48 bits per heavy atom. The fourth-order valence-electron chi connectivity index (χ4n) is 6.78. The minimum atomic E-state index is -2.47. The van der Waals surface area contributed by atoms with Gasteiger partial charge in [-0.2, -0.15) is 0 Å². The van der Waals surface area contributed by atoms with Crippen LogP contribution in [0.25, 0.3) is 0 Å². The van der Waals surface area contributed by atoms with E-state index in [0.29, 0.717) is 30.8 Å². The highest BCUT2D eigenvalue weighted by Gasteiger charge is 2.54. The van der Waals surface area contributed by atoms with Gasteiger partial charge in [0.15, 0.2) is 6.04 Å². The summed E-state index contributed by atoms with van der Waals surface area (Å²) in [6, 6.07) is 23.4. The Labute approximate surface area is 258 Å². The molecule has 9 nitrogen and oxygen atoms in total. The molecule has 6 rings (SSSR count). The maximum atomic E-state index is 14.4. The van der Waals surface area contributed by atoms with Gasteiger partial charge in [0.2, 0.25) is 0 Å². The molecule has 0 spiro atoms. The Morgan fingerprint density at radius 1 is 0.841 bits per heavy atom. The number of amides is 4. The Bertz CT molecular complexity index is 1540. The number of carboxylic acid groups (broad SMARTS) is 1. The number of benzene rings is 3. The van der Waals surface area contributed by atoms with Gasteiger partial charge in [-0.25, -0.2) is 14.4 Å². The van der Waals surface area contributed by atoms with E-state index in [1.54, 1.807) is 23.1 Å². The smallest absolute Gasteiger partial charge is 0.329 e. The molecule has 3 aromatic rings. The van der Waals surface area contributed by atoms with E-state index in [2.05, 4.69) is 0 Å². The molecule has 10 heteroatoms. The van der Waals surface area contributed by atoms with Crippen molar-refractivity contribution >= 4 is 41.9 Å². The molecule has 0 aromatic heterocycles. The lowest BCUT2D eigenvalue weighted by Crippen LogP contribution is -2.68. The van der Waals surface area contributed by atoms with Gasteiger partial charge in [0.05, 0.1) is 23.5 Å². The van der Waals surface area contributed by atoms with Crippen molar-refractivity contribution in [3.05, 3.63) is 90.5 Å². The third-order valence-electron chi connectivity index (χ3n) is 9.24. The standard InChI is InChI=1S/C34H39N4O5P/c1-44(2,43)29-18-9-11-24(21-29)22-35(25-16-10-17-25)33(41)38-28-19-20-30(38)31(32(39)40)36(23-28)34(42)37(26-12-5-3-6-13-26)27-14-7-4-8-15-27/h3-9,11-15,18,21,25,28,30-31H,10,16-17,19-20,22-23H2,1-2H3,(H,39,40)/t28-,30+,31-/m0/s1. The van der Waals surface area contributed by atoms with Crippen LogP contribution in [0.15, 0.2) is 84.9 Å². The fraction of sp³-hybridized carbons (Fsp3) is 0.382. The van der Waals surface area contributed by atoms with Gasteiger partial charge in [-0.05, 0) is 81.3 Å². The maximum Gasteiger partial charge on any atom is 0.329 e. The van der Waals surface area contributed by atoms with Crippen molar-refractivity contribution < 1.29 is 24.1 Å². The number of rotatable bonds is 7. The summed E-state index contributed by atoms with van der Waals surface area (Å²) in [4.78, 5) is 48.3. The number of hydrogen-bond donors (Lipinski definition) is 1. The summed E-state index contributed by atoms with van der Waals surface area (Å²) in [5.74, 6) is -1.12. The number of urea groups is 2. The van der Waals surface area contributed by atoms with Crippen LogP contribution in [0.4, 0.5) is 21.0 Å². The first-order valence-electron chi connectivity index (χ1n) is 15.3. The average Bonchev–Trinajstić information content (AvgIpc) is 3.28. The third kappa shape index (κ3) is 5.73. The molecule has 44 heavy (non-hydrogen) atoms. The second-order valence-electron chi connectivity index (χ2n) is 12.4. The van der Waals surface area contributed by atoms with Crippen molar-refractivity contribution in [3.8, 4) is 0 Å². The molecule has 1 N–H and O–H groups in total. The first kappa shape index (κ1) is 29.9. The maximum absolute atomic E-state index is 14.4. The van der Waals surface area contributed by atoms with Gasteiger partial charge in [0, 0.05) is 24.4 Å². The molecule has 2 saturated heterocycles. The number of likely N-dealkylation sites (tertiary alicyclic amines) is 1. The highest BCUT2D eigenvalue weighted by molar-refractivity contribution is 7.70. The Balaban J connectivity index is 1.30. The van der Waals surface area contributed by atoms with Gasteiger partial charge >= 0.3 is 18.0 Å². The van der Waals surface area contributed by atoms with Crippen molar-refractivity contribution in [1.29, 1.82) is 0 Å². The SMILES string of the molecule is CP(C)(=O)c1cccc(CN(C(=O)N2[C@H]3CC[C@@H]2[C@@H](C(=O)O)N(C(=O)N(c2ccccc2)c2ccccc2)C3)C2CCC2)c1. The van der Waals surface area contributed by atoms with Crippen molar-refractivity contribution in [2.75, 3.05) is 24.8 Å². The summed E-state index contributed by atoms with van der Waals surface area (Å²) < 4.78 is 12.8. The van der Waals surface area contributed by atoms with Crippen LogP contribution in [0.3, 0.4) is 0 Å². The largest absolute Gasteiger partial charge is 0.480 e. The molecule has 4 amide bonds. The Kier molecular flexibility index (Phi) is 8.25. The Hall–Kier alpha value is -4.10. The lowest BCUT2D eigenvalue weighted by molar-refractivity contribution is -0.146. The molecule has 3 aliphatic rings. The van der Waals surface area contributed by atoms with E-state index in [1.165, 1.54) is 4.90 Å². The van der Waals surface area contributed by atoms with Crippen molar-refractivity contribution in [1.82, 2.24) is 14.7 Å². The van der Waals surface area contributed by atoms with E-state index < -0.39 is 31.2 Å². The topological polar surface area (TPSA) is 101 Å². The van der Waals surface area contributed by atoms with E-state index in [9.17, 15) is 24.1 Å². The van der Waals surface area contributed by atoms with Crippen molar-refractivity contribution in [2.24, 2.45) is 0 Å². The fourth-order valence-corrected chi connectivity index (χ4v) is 7.70. The lowest BCUT2D eigenvalue weighted by Gasteiger charge is -2.49. The number of para-hydroxylation sites is 2. The summed E-state index contributed by atoms with van der Waals surface area (Å²) in [7, 11) is -2.47. The molecule has 0 radical (unpaired) electrons. The zero-order valence-corrected chi connectivity index (χ0v) is 26.1. The first-order chi connectivity index (χ1) is 21.1. The van der Waals surface area contributed by atoms with Gasteiger partial charge in [-0.1, -0.05) is 54.6 Å². The van der Waals surface area contributed by atoms with Crippen LogP contribution in [0.2, 0.25) is 0 Å². The predicted octanol–water partition coefficient (Wildman–Crippen LogP) is 5.97. The van der Waals surface area contributed by atoms with Crippen LogP contribution < -0.4 is 10.2 Å². The molecule has 230 valence electrons. The Morgan fingerprint density at radius 3 is 2.02 bits per heavy atom. The number of hydrogen-bond acceptors (Lipinski definition) is 4. The number of carboxylic acids is 1. The molecule has 3 fully saturated rings. The molecule has 1 saturated carbocycles. The monoisotopic (exact) mass is 614 g/mol. The zero-order valence-electron chi connectivity index (χ0n) is 25.2.